The maximum absolute atomic E-state index is 5.71. The molecule has 0 atom stereocenters. The van der Waals surface area contributed by atoms with E-state index in [1.165, 1.54) is 0 Å². The lowest BCUT2D eigenvalue weighted by Crippen LogP contribution is -2.17. The van der Waals surface area contributed by atoms with Crippen molar-refractivity contribution in [1.82, 2.24) is 4.98 Å². The van der Waals surface area contributed by atoms with E-state index in [9.17, 15) is 0 Å². The highest BCUT2D eigenvalue weighted by Gasteiger charge is 2.26. The quantitative estimate of drug-likeness (QED) is 0.701. The van der Waals surface area contributed by atoms with Crippen LogP contribution in [-0.4, -0.2) is 4.98 Å². The van der Waals surface area contributed by atoms with E-state index < -0.39 is 0 Å². The lowest BCUT2D eigenvalue weighted by atomic mass is 9.85. The third-order valence-electron chi connectivity index (χ3n) is 2.18. The first-order valence-corrected chi connectivity index (χ1v) is 5.56. The molecule has 1 rings (SSSR count). The number of nitrogens with zero attached hydrogens (tertiary/aromatic N) is 1. The van der Waals surface area contributed by atoms with E-state index >= 15 is 0 Å². The van der Waals surface area contributed by atoms with E-state index in [4.69, 9.17) is 4.42 Å². The normalized spacial score (nSPS) is 13.3. The second-order valence-corrected chi connectivity index (χ2v) is 6.50. The summed E-state index contributed by atoms with van der Waals surface area (Å²) >= 11 is 0. The van der Waals surface area contributed by atoms with Crippen molar-refractivity contribution in [3.63, 3.8) is 0 Å². The zero-order valence-electron chi connectivity index (χ0n) is 11.1. The number of aromatic nitrogens is 1. The molecule has 0 unspecified atom stereocenters. The van der Waals surface area contributed by atoms with Crippen LogP contribution in [0, 0.1) is 12.3 Å². The van der Waals surface area contributed by atoms with Gasteiger partial charge in [0, 0.05) is 12.3 Å². The third-order valence-corrected chi connectivity index (χ3v) is 2.18. The molecule has 15 heavy (non-hydrogen) atoms. The van der Waals surface area contributed by atoms with Crippen LogP contribution in [0.4, 0.5) is 0 Å². The van der Waals surface area contributed by atoms with Crippen molar-refractivity contribution in [3.8, 4) is 0 Å². The van der Waals surface area contributed by atoms with Gasteiger partial charge in [-0.15, -0.1) is 0 Å². The lowest BCUT2D eigenvalue weighted by molar-refractivity contribution is 0.369. The summed E-state index contributed by atoms with van der Waals surface area (Å²) in [4.78, 5) is 4.50. The molecule has 0 aliphatic carbocycles. The van der Waals surface area contributed by atoms with E-state index in [0.717, 1.165) is 23.8 Å². The van der Waals surface area contributed by atoms with Crippen LogP contribution in [-0.2, 0) is 11.8 Å². The van der Waals surface area contributed by atoms with Crippen molar-refractivity contribution in [1.29, 1.82) is 0 Å². The summed E-state index contributed by atoms with van der Waals surface area (Å²) < 4.78 is 5.71. The molecule has 0 fully saturated rings. The van der Waals surface area contributed by atoms with Crippen LogP contribution < -0.4 is 0 Å². The Labute approximate surface area is 93.1 Å². The van der Waals surface area contributed by atoms with Crippen molar-refractivity contribution >= 4 is 0 Å². The molecule has 1 aromatic rings. The maximum atomic E-state index is 5.71. The molecular weight excluding hydrogens is 186 g/mol. The summed E-state index contributed by atoms with van der Waals surface area (Å²) in [5, 5.41) is 0. The Kier molecular flexibility index (Phi) is 2.99. The fraction of sp³-hybridized carbons (Fsp3) is 0.769. The summed E-state index contributed by atoms with van der Waals surface area (Å²) in [6.07, 6.45) is 0.969. The van der Waals surface area contributed by atoms with Crippen LogP contribution in [0.25, 0.3) is 0 Å². The predicted octanol–water partition coefficient (Wildman–Crippen LogP) is 3.87. The average molecular weight is 209 g/mol. The molecule has 0 amide bonds. The molecule has 0 spiro atoms. The molecule has 0 saturated carbocycles. The van der Waals surface area contributed by atoms with Crippen LogP contribution in [0.2, 0.25) is 0 Å². The van der Waals surface area contributed by atoms with Gasteiger partial charge in [-0.05, 0) is 11.8 Å². The number of hydrogen-bond acceptors (Lipinski definition) is 2. The average Bonchev–Trinajstić information content (AvgIpc) is 2.25. The van der Waals surface area contributed by atoms with Crippen molar-refractivity contribution < 1.29 is 4.42 Å². The molecule has 1 aromatic heterocycles. The summed E-state index contributed by atoms with van der Waals surface area (Å²) in [7, 11) is 0. The highest BCUT2D eigenvalue weighted by atomic mass is 16.4. The molecule has 2 heteroatoms. The van der Waals surface area contributed by atoms with Crippen LogP contribution >= 0.6 is 0 Å². The summed E-state index contributed by atoms with van der Waals surface area (Å²) in [6.45, 7) is 15.1. The topological polar surface area (TPSA) is 26.0 Å². The fourth-order valence-electron chi connectivity index (χ4n) is 1.68. The Balaban J connectivity index is 3.08. The maximum Gasteiger partial charge on any atom is 0.191 e. The summed E-state index contributed by atoms with van der Waals surface area (Å²) in [6, 6.07) is 0. The molecule has 0 aromatic carbocycles. The van der Waals surface area contributed by atoms with Gasteiger partial charge in [0.15, 0.2) is 5.89 Å². The SMILES string of the molecule is Cc1nc(CC(C)(C)C)c(C(C)(C)C)o1. The van der Waals surface area contributed by atoms with Crippen molar-refractivity contribution in [2.45, 2.75) is 60.3 Å². The van der Waals surface area contributed by atoms with E-state index in [-0.39, 0.29) is 10.8 Å². The lowest BCUT2D eigenvalue weighted by Gasteiger charge is -2.21. The molecule has 0 aliphatic heterocycles. The molecule has 0 aliphatic rings. The van der Waals surface area contributed by atoms with E-state index in [1.54, 1.807) is 0 Å². The van der Waals surface area contributed by atoms with Crippen molar-refractivity contribution in [2.75, 3.05) is 0 Å². The summed E-state index contributed by atoms with van der Waals surface area (Å²) in [5.74, 6) is 1.81. The van der Waals surface area contributed by atoms with Gasteiger partial charge >= 0.3 is 0 Å². The van der Waals surface area contributed by atoms with Gasteiger partial charge in [-0.2, -0.15) is 0 Å². The molecule has 2 nitrogen and oxygen atoms in total. The van der Waals surface area contributed by atoms with Gasteiger partial charge in [-0.1, -0.05) is 41.5 Å². The van der Waals surface area contributed by atoms with Gasteiger partial charge in [0.1, 0.15) is 5.76 Å². The molecule has 0 bridgehead atoms. The number of aryl methyl sites for hydroxylation is 1. The number of rotatable bonds is 1. The zero-order chi connectivity index (χ0) is 11.9. The van der Waals surface area contributed by atoms with Gasteiger partial charge in [0.05, 0.1) is 5.69 Å². The highest BCUT2D eigenvalue weighted by Crippen LogP contribution is 2.30. The van der Waals surface area contributed by atoms with Crippen molar-refractivity contribution in [3.05, 3.63) is 17.3 Å². The Bertz CT molecular complexity index is 336. The summed E-state index contributed by atoms with van der Waals surface area (Å²) in [5.41, 5.74) is 1.41. The molecule has 86 valence electrons. The third kappa shape index (κ3) is 3.37. The van der Waals surface area contributed by atoms with Gasteiger partial charge in [0.25, 0.3) is 0 Å². The fourth-order valence-corrected chi connectivity index (χ4v) is 1.68. The van der Waals surface area contributed by atoms with Gasteiger partial charge in [0.2, 0.25) is 0 Å². The molecular formula is C13H23NO. The smallest absolute Gasteiger partial charge is 0.191 e. The molecule has 0 radical (unpaired) electrons. The first-order chi connectivity index (χ1) is 6.59. The minimum absolute atomic E-state index is 0.0435. The second-order valence-electron chi connectivity index (χ2n) is 6.50. The van der Waals surface area contributed by atoms with E-state index in [0.29, 0.717) is 0 Å². The Morgan fingerprint density at radius 1 is 1.07 bits per heavy atom. The van der Waals surface area contributed by atoms with Crippen LogP contribution in [0.15, 0.2) is 4.42 Å². The minimum Gasteiger partial charge on any atom is -0.445 e. The van der Waals surface area contributed by atoms with E-state index in [1.807, 2.05) is 6.92 Å². The second kappa shape index (κ2) is 3.66. The Morgan fingerprint density at radius 3 is 2.00 bits per heavy atom. The zero-order valence-corrected chi connectivity index (χ0v) is 11.1. The van der Waals surface area contributed by atoms with Crippen LogP contribution in [0.5, 0.6) is 0 Å². The Morgan fingerprint density at radius 2 is 1.60 bits per heavy atom. The van der Waals surface area contributed by atoms with Gasteiger partial charge in [-0.25, -0.2) is 4.98 Å². The first kappa shape index (κ1) is 12.3. The predicted molar refractivity (Wildman–Crippen MR) is 63.1 cm³/mol. The van der Waals surface area contributed by atoms with Gasteiger partial charge < -0.3 is 4.42 Å². The number of oxazole rings is 1. The Hall–Kier alpha value is -0.790. The first-order valence-electron chi connectivity index (χ1n) is 5.56. The largest absolute Gasteiger partial charge is 0.445 e. The van der Waals surface area contributed by atoms with Crippen LogP contribution in [0.1, 0.15) is 58.9 Å². The van der Waals surface area contributed by atoms with Crippen molar-refractivity contribution in [2.24, 2.45) is 5.41 Å². The minimum atomic E-state index is 0.0435. The molecule has 1 heterocycles. The van der Waals surface area contributed by atoms with Crippen LogP contribution in [0.3, 0.4) is 0 Å². The molecule has 0 N–H and O–H groups in total. The molecule has 0 saturated heterocycles. The highest BCUT2D eigenvalue weighted by molar-refractivity contribution is 5.19. The number of hydrogen-bond donors (Lipinski definition) is 0. The standard InChI is InChI=1S/C13H23NO/c1-9-14-10(8-12(2,3)4)11(15-9)13(5,6)7/h8H2,1-7H3. The monoisotopic (exact) mass is 209 g/mol. The van der Waals surface area contributed by atoms with Gasteiger partial charge in [-0.3, -0.25) is 0 Å². The van der Waals surface area contributed by atoms with E-state index in [2.05, 4.69) is 46.5 Å².